The Balaban J connectivity index is 1.06. The van der Waals surface area contributed by atoms with Crippen LogP contribution < -0.4 is 10.6 Å². The highest BCUT2D eigenvalue weighted by atomic mass is 32.2. The smallest absolute Gasteiger partial charge is 0.268 e. The standard InChI is InChI=1S/C33H50N6O6S/c1-16(5-8-25(43)37-27-30(45)39-28(17(2)14-46-31(27)39)29(44)35-15-36-38-34)20-6-7-21-26-22(13-24(42)33(20,21)4)32(3)10-9-19(40)11-18(32)12-23(26)41/h16,18-24,26-27,31,40-42H,5-15H2,1-4H3,(H,35,44)(H,37,43)/t16-,18+,19-,20-,21+,22+,23?,24+,26+,27?,31?,32+,33-/m1/s1. The Morgan fingerprint density at radius 3 is 2.65 bits per heavy atom. The quantitative estimate of drug-likeness (QED) is 0.114. The van der Waals surface area contributed by atoms with Gasteiger partial charge in [-0.25, -0.2) is 0 Å². The number of carbonyl (C=O) groups excluding carboxylic acids is 3. The maximum absolute atomic E-state index is 13.2. The van der Waals surface area contributed by atoms with E-state index in [1.54, 1.807) is 6.92 Å². The van der Waals surface area contributed by atoms with Gasteiger partial charge in [0.2, 0.25) is 5.91 Å². The van der Waals surface area contributed by atoms with E-state index in [9.17, 15) is 29.7 Å². The number of hydrogen-bond donors (Lipinski definition) is 5. The summed E-state index contributed by atoms with van der Waals surface area (Å²) >= 11 is 1.51. The van der Waals surface area contributed by atoms with Crippen LogP contribution in [0.3, 0.4) is 0 Å². The van der Waals surface area contributed by atoms with Crippen LogP contribution in [-0.2, 0) is 14.4 Å². The zero-order valence-corrected chi connectivity index (χ0v) is 28.2. The second-order valence-corrected chi connectivity index (χ2v) is 16.6. The Labute approximate surface area is 275 Å². The number of thioether (sulfide) groups is 1. The minimum Gasteiger partial charge on any atom is -0.393 e. The van der Waals surface area contributed by atoms with Gasteiger partial charge in [-0.1, -0.05) is 25.9 Å². The van der Waals surface area contributed by atoms with Gasteiger partial charge in [-0.15, -0.1) is 11.8 Å². The van der Waals surface area contributed by atoms with Crippen molar-refractivity contribution in [3.05, 3.63) is 21.7 Å². The van der Waals surface area contributed by atoms with Crippen molar-refractivity contribution in [2.45, 2.75) is 115 Å². The molecule has 0 aromatic carbocycles. The SMILES string of the molecule is CC1=C(C(=O)NCN=[N+]=[N-])N2C(=O)C(NC(=O)CC[C@@H](C)[C@H]3CC[C@H]4[C@@H]5C(O)C[C@@H]6C[C@H](O)CC[C@]6(C)[C@H]5C[C@H](O)[C@]34C)C2SC1. The Bertz CT molecular complexity index is 1340. The van der Waals surface area contributed by atoms with Crippen molar-refractivity contribution in [3.8, 4) is 0 Å². The molecular formula is C33H50N6O6S. The average molecular weight is 659 g/mol. The minimum absolute atomic E-state index is 0.0311. The number of nitrogens with zero attached hydrogens (tertiary/aromatic N) is 4. The summed E-state index contributed by atoms with van der Waals surface area (Å²) < 4.78 is 0. The topological polar surface area (TPSA) is 188 Å². The molecule has 5 fully saturated rings. The fourth-order valence-electron chi connectivity index (χ4n) is 11.0. The number of rotatable bonds is 8. The van der Waals surface area contributed by atoms with Gasteiger partial charge in [0, 0.05) is 17.1 Å². The van der Waals surface area contributed by atoms with Crippen molar-refractivity contribution in [1.82, 2.24) is 15.5 Å². The van der Waals surface area contributed by atoms with Gasteiger partial charge in [0.1, 0.15) is 17.1 Å². The van der Waals surface area contributed by atoms with Gasteiger partial charge in [-0.05, 0) is 116 Å². The zero-order chi connectivity index (χ0) is 33.1. The van der Waals surface area contributed by atoms with Gasteiger partial charge in [-0.3, -0.25) is 19.3 Å². The molecule has 4 aliphatic carbocycles. The second-order valence-electron chi connectivity index (χ2n) is 15.5. The Hall–Kier alpha value is -2.31. The summed E-state index contributed by atoms with van der Waals surface area (Å²) in [6.45, 7) is 8.30. The third-order valence-corrected chi connectivity index (χ3v) is 14.8. The molecule has 0 radical (unpaired) electrons. The van der Waals surface area contributed by atoms with Crippen molar-refractivity contribution < 1.29 is 29.7 Å². The van der Waals surface area contributed by atoms with E-state index in [2.05, 4.69) is 41.4 Å². The summed E-state index contributed by atoms with van der Waals surface area (Å²) in [4.78, 5) is 43.0. The van der Waals surface area contributed by atoms with Crippen molar-refractivity contribution in [1.29, 1.82) is 0 Å². The molecule has 0 aromatic heterocycles. The number of fused-ring (bicyclic) bond motifs is 6. The highest BCUT2D eigenvalue weighted by Crippen LogP contribution is 2.68. The molecule has 3 unspecified atom stereocenters. The number of β-lactam (4-membered cyclic amide) rings is 1. The molecule has 6 aliphatic rings. The van der Waals surface area contributed by atoms with Crippen LogP contribution in [0.1, 0.15) is 85.5 Å². The molecular weight excluding hydrogens is 608 g/mol. The first kappa shape index (κ1) is 33.6. The highest BCUT2D eigenvalue weighted by molar-refractivity contribution is 8.00. The van der Waals surface area contributed by atoms with Crippen molar-refractivity contribution in [2.24, 2.45) is 51.5 Å². The molecule has 2 heterocycles. The lowest BCUT2D eigenvalue weighted by atomic mass is 9.43. The molecule has 2 aliphatic heterocycles. The van der Waals surface area contributed by atoms with Crippen LogP contribution in [0.2, 0.25) is 0 Å². The number of carbonyl (C=O) groups is 3. The van der Waals surface area contributed by atoms with Gasteiger partial charge in [-0.2, -0.15) is 0 Å². The van der Waals surface area contributed by atoms with Gasteiger partial charge in [0.05, 0.1) is 25.0 Å². The van der Waals surface area contributed by atoms with E-state index < -0.39 is 24.2 Å². The number of nitrogens with one attached hydrogen (secondary N) is 2. The molecule has 13 atom stereocenters. The molecule has 13 heteroatoms. The van der Waals surface area contributed by atoms with Gasteiger partial charge in [0.25, 0.3) is 11.8 Å². The monoisotopic (exact) mass is 658 g/mol. The van der Waals surface area contributed by atoms with Gasteiger partial charge >= 0.3 is 0 Å². The van der Waals surface area contributed by atoms with Crippen LogP contribution >= 0.6 is 11.8 Å². The van der Waals surface area contributed by atoms with Gasteiger partial charge in [0.15, 0.2) is 0 Å². The molecule has 12 nitrogen and oxygen atoms in total. The van der Waals surface area contributed by atoms with Crippen LogP contribution in [-0.4, -0.2) is 80.1 Å². The Morgan fingerprint density at radius 2 is 1.91 bits per heavy atom. The summed E-state index contributed by atoms with van der Waals surface area (Å²) in [5, 5.41) is 42.1. The number of aliphatic hydroxyl groups excluding tert-OH is 3. The van der Waals surface area contributed by atoms with E-state index in [4.69, 9.17) is 5.53 Å². The lowest BCUT2D eigenvalue weighted by Gasteiger charge is -2.63. The molecule has 0 aromatic rings. The number of aliphatic hydroxyl groups is 3. The Kier molecular flexibility index (Phi) is 9.21. The van der Waals surface area contributed by atoms with Crippen LogP contribution in [0, 0.1) is 46.3 Å². The van der Waals surface area contributed by atoms with Crippen molar-refractivity contribution in [2.75, 3.05) is 12.4 Å². The summed E-state index contributed by atoms with van der Waals surface area (Å²) in [7, 11) is 0. The van der Waals surface area contributed by atoms with Crippen LogP contribution in [0.4, 0.5) is 0 Å². The van der Waals surface area contributed by atoms with E-state index in [1.165, 1.54) is 16.7 Å². The summed E-state index contributed by atoms with van der Waals surface area (Å²) in [5.74, 6) is 0.843. The summed E-state index contributed by atoms with van der Waals surface area (Å²) in [6, 6.07) is -0.704. The van der Waals surface area contributed by atoms with Crippen LogP contribution in [0.25, 0.3) is 10.4 Å². The number of azide groups is 1. The summed E-state index contributed by atoms with van der Waals surface area (Å²) in [5.41, 5.74) is 9.19. The van der Waals surface area contributed by atoms with Gasteiger partial charge < -0.3 is 26.0 Å². The predicted octanol–water partition coefficient (Wildman–Crippen LogP) is 3.42. The first-order valence-corrected chi connectivity index (χ1v) is 18.1. The van der Waals surface area contributed by atoms with Crippen molar-refractivity contribution in [3.63, 3.8) is 0 Å². The third kappa shape index (κ3) is 5.34. The van der Waals surface area contributed by atoms with Crippen molar-refractivity contribution >= 4 is 29.5 Å². The fraction of sp³-hybridized carbons (Fsp3) is 0.848. The van der Waals surface area contributed by atoms with E-state index in [0.717, 1.165) is 44.1 Å². The van der Waals surface area contributed by atoms with E-state index in [-0.39, 0.29) is 88.4 Å². The predicted molar refractivity (Wildman–Crippen MR) is 172 cm³/mol. The first-order chi connectivity index (χ1) is 21.8. The highest BCUT2D eigenvalue weighted by Gasteiger charge is 2.65. The second kappa shape index (κ2) is 12.6. The molecule has 4 saturated carbocycles. The summed E-state index contributed by atoms with van der Waals surface area (Å²) in [6.07, 6.45) is 5.52. The molecule has 46 heavy (non-hydrogen) atoms. The third-order valence-electron chi connectivity index (χ3n) is 13.4. The van der Waals surface area contributed by atoms with E-state index >= 15 is 0 Å². The normalized spacial score (nSPS) is 43.6. The first-order valence-electron chi connectivity index (χ1n) is 17.1. The fourth-order valence-corrected chi connectivity index (χ4v) is 12.2. The molecule has 6 rings (SSSR count). The van der Waals surface area contributed by atoms with Crippen LogP contribution in [0.5, 0.6) is 0 Å². The maximum Gasteiger partial charge on any atom is 0.268 e. The zero-order valence-electron chi connectivity index (χ0n) is 27.4. The number of amides is 3. The molecule has 254 valence electrons. The molecule has 5 N–H and O–H groups in total. The molecule has 3 amide bonds. The van der Waals surface area contributed by atoms with E-state index in [0.29, 0.717) is 18.6 Å². The lowest BCUT2D eigenvalue weighted by Crippen LogP contribution is -2.70. The minimum atomic E-state index is -0.704. The average Bonchev–Trinajstić information content (AvgIpc) is 3.38. The largest absolute Gasteiger partial charge is 0.393 e. The Morgan fingerprint density at radius 1 is 1.15 bits per heavy atom. The van der Waals surface area contributed by atoms with Crippen LogP contribution in [0.15, 0.2) is 16.4 Å². The van der Waals surface area contributed by atoms with E-state index in [1.807, 2.05) is 0 Å². The molecule has 0 spiro atoms. The molecule has 1 saturated heterocycles. The number of hydrogen-bond acceptors (Lipinski definition) is 8. The lowest BCUT2D eigenvalue weighted by molar-refractivity contribution is -0.207. The molecule has 0 bridgehead atoms. The maximum atomic E-state index is 13.2.